The van der Waals surface area contributed by atoms with Gasteiger partial charge < -0.3 is 30.5 Å². The highest BCUT2D eigenvalue weighted by Crippen LogP contribution is 2.39. The Hall–Kier alpha value is -1.69. The molecular formula is C13H19N5O5. The van der Waals surface area contributed by atoms with Crippen LogP contribution < -0.4 is 5.73 Å². The third-order valence-corrected chi connectivity index (χ3v) is 3.98. The maximum absolute atomic E-state index is 10.5. The Morgan fingerprint density at radius 2 is 2.22 bits per heavy atom. The van der Waals surface area contributed by atoms with Crippen LogP contribution in [0.1, 0.15) is 18.8 Å². The minimum Gasteiger partial charge on any atom is -0.394 e. The average Bonchev–Trinajstić information content (AvgIpc) is 3.06. The quantitative estimate of drug-likeness (QED) is 0.470. The van der Waals surface area contributed by atoms with Crippen molar-refractivity contribution in [3.05, 3.63) is 18.3 Å². The number of hydrogen-bond donors (Lipinski definition) is 4. The minimum absolute atomic E-state index is 0.0526. The number of ether oxygens (including phenoxy) is 2. The lowest BCUT2D eigenvalue weighted by Crippen LogP contribution is -2.44. The molecule has 5 N–H and O–H groups in total. The van der Waals surface area contributed by atoms with E-state index >= 15 is 0 Å². The van der Waals surface area contributed by atoms with Gasteiger partial charge in [-0.1, -0.05) is 0 Å². The summed E-state index contributed by atoms with van der Waals surface area (Å²) in [5.74, 6) is 0. The molecule has 1 saturated heterocycles. The Morgan fingerprint density at radius 1 is 1.43 bits per heavy atom. The van der Waals surface area contributed by atoms with Crippen LogP contribution >= 0.6 is 0 Å². The predicted molar refractivity (Wildman–Crippen MR) is 76.8 cm³/mol. The zero-order chi connectivity index (χ0) is 16.6. The molecule has 2 aromatic heterocycles. The van der Waals surface area contributed by atoms with Crippen LogP contribution in [-0.2, 0) is 16.1 Å². The molecule has 0 aromatic carbocycles. The normalized spacial score (nSPS) is 31.1. The number of aliphatic hydroxyl groups is 3. The fourth-order valence-electron chi connectivity index (χ4n) is 2.72. The molecule has 126 valence electrons. The van der Waals surface area contributed by atoms with Gasteiger partial charge in [0.2, 0.25) is 0 Å². The van der Waals surface area contributed by atoms with Crippen LogP contribution in [0.5, 0.6) is 0 Å². The second-order valence-electron chi connectivity index (χ2n) is 5.54. The van der Waals surface area contributed by atoms with Gasteiger partial charge in [-0.2, -0.15) is 0 Å². The first-order chi connectivity index (χ1) is 11.0. The van der Waals surface area contributed by atoms with Gasteiger partial charge in [-0.15, -0.1) is 0 Å². The standard InChI is InChI=1S/C13H19N5O5/c1-13(21)10(20)8(2-19)23-12(13)18-6-17-9-7(3-22-4-14)15-5-16-11(9)18/h5-6,8,10,12,19-21H,2-4,14H2,1H3. The summed E-state index contributed by atoms with van der Waals surface area (Å²) in [6.07, 6.45) is -0.292. The molecule has 3 rings (SSSR count). The maximum atomic E-state index is 10.5. The van der Waals surface area contributed by atoms with Gasteiger partial charge in [0.05, 0.1) is 32.0 Å². The van der Waals surface area contributed by atoms with E-state index < -0.39 is 30.6 Å². The largest absolute Gasteiger partial charge is 0.394 e. The summed E-state index contributed by atoms with van der Waals surface area (Å²) in [7, 11) is 0. The zero-order valence-electron chi connectivity index (χ0n) is 12.5. The van der Waals surface area contributed by atoms with Crippen LogP contribution in [0.15, 0.2) is 12.7 Å². The van der Waals surface area contributed by atoms with Gasteiger partial charge in [0.1, 0.15) is 29.7 Å². The summed E-state index contributed by atoms with van der Waals surface area (Å²) in [5.41, 5.74) is 5.16. The zero-order valence-corrected chi connectivity index (χ0v) is 12.5. The molecule has 10 heteroatoms. The van der Waals surface area contributed by atoms with Crippen LogP contribution in [0.3, 0.4) is 0 Å². The topological polar surface area (TPSA) is 149 Å². The molecule has 4 atom stereocenters. The van der Waals surface area contributed by atoms with Crippen molar-refractivity contribution < 1.29 is 24.8 Å². The Morgan fingerprint density at radius 3 is 2.87 bits per heavy atom. The van der Waals surface area contributed by atoms with Gasteiger partial charge in [0, 0.05) is 0 Å². The van der Waals surface area contributed by atoms with Crippen LogP contribution in [0.25, 0.3) is 11.2 Å². The number of hydrogen-bond acceptors (Lipinski definition) is 9. The van der Waals surface area contributed by atoms with Crippen LogP contribution in [0.2, 0.25) is 0 Å². The van der Waals surface area contributed by atoms with E-state index in [0.29, 0.717) is 16.9 Å². The lowest BCUT2D eigenvalue weighted by atomic mass is 9.96. The first-order valence-corrected chi connectivity index (χ1v) is 7.11. The van der Waals surface area contributed by atoms with E-state index in [9.17, 15) is 15.3 Å². The van der Waals surface area contributed by atoms with Gasteiger partial charge in [-0.05, 0) is 6.92 Å². The molecular weight excluding hydrogens is 306 g/mol. The number of nitrogens with zero attached hydrogens (tertiary/aromatic N) is 4. The van der Waals surface area contributed by atoms with Gasteiger partial charge in [0.15, 0.2) is 11.9 Å². The third-order valence-electron chi connectivity index (χ3n) is 3.98. The van der Waals surface area contributed by atoms with Gasteiger partial charge in [-0.3, -0.25) is 4.57 Å². The summed E-state index contributed by atoms with van der Waals surface area (Å²) in [4.78, 5) is 12.5. The van der Waals surface area contributed by atoms with Crippen molar-refractivity contribution >= 4 is 11.2 Å². The highest BCUT2D eigenvalue weighted by atomic mass is 16.6. The van der Waals surface area contributed by atoms with Gasteiger partial charge >= 0.3 is 0 Å². The number of fused-ring (bicyclic) bond motifs is 1. The minimum atomic E-state index is -1.61. The van der Waals surface area contributed by atoms with Crippen molar-refractivity contribution in [2.75, 3.05) is 13.3 Å². The Bertz CT molecular complexity index is 690. The SMILES string of the molecule is CC1(O)C(O)C(CO)OC1n1cnc2c(COCN)ncnc21. The van der Waals surface area contributed by atoms with E-state index in [-0.39, 0.29) is 13.3 Å². The highest BCUT2D eigenvalue weighted by Gasteiger charge is 2.53. The lowest BCUT2D eigenvalue weighted by Gasteiger charge is -2.27. The molecule has 2 aromatic rings. The van der Waals surface area contributed by atoms with E-state index in [4.69, 9.17) is 15.2 Å². The Labute approximate surface area is 131 Å². The monoisotopic (exact) mass is 325 g/mol. The van der Waals surface area contributed by atoms with Crippen LogP contribution in [-0.4, -0.2) is 66.0 Å². The molecule has 0 bridgehead atoms. The van der Waals surface area contributed by atoms with E-state index in [2.05, 4.69) is 15.0 Å². The second kappa shape index (κ2) is 6.07. The molecule has 10 nitrogen and oxygen atoms in total. The summed E-state index contributed by atoms with van der Waals surface area (Å²) in [6, 6.07) is 0. The smallest absolute Gasteiger partial charge is 0.168 e. The van der Waals surface area contributed by atoms with Crippen molar-refractivity contribution in [1.82, 2.24) is 19.5 Å². The Kier molecular flexibility index (Phi) is 4.27. The highest BCUT2D eigenvalue weighted by molar-refractivity contribution is 5.73. The van der Waals surface area contributed by atoms with Crippen LogP contribution in [0.4, 0.5) is 0 Å². The summed E-state index contributed by atoms with van der Waals surface area (Å²) < 4.78 is 12.2. The second-order valence-corrected chi connectivity index (χ2v) is 5.54. The number of imidazole rings is 1. The van der Waals surface area contributed by atoms with Crippen molar-refractivity contribution in [2.24, 2.45) is 5.73 Å². The molecule has 1 aliphatic heterocycles. The molecule has 4 unspecified atom stereocenters. The molecule has 0 radical (unpaired) electrons. The van der Waals surface area contributed by atoms with Crippen molar-refractivity contribution in [2.45, 2.75) is 37.6 Å². The van der Waals surface area contributed by atoms with E-state index in [0.717, 1.165) is 0 Å². The fourth-order valence-corrected chi connectivity index (χ4v) is 2.72. The predicted octanol–water partition coefficient (Wildman–Crippen LogP) is -1.74. The number of aromatic nitrogens is 4. The average molecular weight is 325 g/mol. The molecule has 0 spiro atoms. The first kappa shape index (κ1) is 16.2. The molecule has 0 saturated carbocycles. The molecule has 0 aliphatic carbocycles. The van der Waals surface area contributed by atoms with E-state index in [1.165, 1.54) is 24.1 Å². The molecule has 3 heterocycles. The van der Waals surface area contributed by atoms with E-state index in [1.807, 2.05) is 0 Å². The first-order valence-electron chi connectivity index (χ1n) is 7.11. The molecule has 1 aliphatic rings. The molecule has 1 fully saturated rings. The number of aliphatic hydroxyl groups excluding tert-OH is 2. The van der Waals surface area contributed by atoms with Crippen LogP contribution in [0, 0.1) is 0 Å². The fraction of sp³-hybridized carbons (Fsp3) is 0.615. The summed E-state index contributed by atoms with van der Waals surface area (Å²) >= 11 is 0. The van der Waals surface area contributed by atoms with Crippen molar-refractivity contribution in [3.63, 3.8) is 0 Å². The number of rotatable bonds is 5. The van der Waals surface area contributed by atoms with Gasteiger partial charge in [-0.25, -0.2) is 15.0 Å². The molecule has 23 heavy (non-hydrogen) atoms. The Balaban J connectivity index is 2.01. The third kappa shape index (κ3) is 2.59. The van der Waals surface area contributed by atoms with E-state index in [1.54, 1.807) is 0 Å². The van der Waals surface area contributed by atoms with Gasteiger partial charge in [0.25, 0.3) is 0 Å². The molecule has 0 amide bonds. The van der Waals surface area contributed by atoms with Crippen molar-refractivity contribution in [3.8, 4) is 0 Å². The maximum Gasteiger partial charge on any atom is 0.168 e. The summed E-state index contributed by atoms with van der Waals surface area (Å²) in [5, 5.41) is 29.9. The lowest BCUT2D eigenvalue weighted by molar-refractivity contribution is -0.0950. The van der Waals surface area contributed by atoms with Crippen molar-refractivity contribution in [1.29, 1.82) is 0 Å². The summed E-state index contributed by atoms with van der Waals surface area (Å²) in [6.45, 7) is 1.25. The number of nitrogens with two attached hydrogens (primary N) is 1.